The molecule has 1 fully saturated rings. The molecule has 1 rings (SSSR count). The molecular formula is C14H28N2O. The normalized spacial score (nSPS) is 31.4. The predicted octanol–water partition coefficient (Wildman–Crippen LogP) is 2.76. The third-order valence-electron chi connectivity index (χ3n) is 3.91. The standard InChI is InChI=1S/C14H28N2O/c1-7-12-15-14(6,8-2)13(17)16(12)11(5)9-10(3)4/h10-12,15H,7-9H2,1-6H3. The van der Waals surface area contributed by atoms with Crippen LogP contribution in [0.4, 0.5) is 0 Å². The molecule has 17 heavy (non-hydrogen) atoms. The van der Waals surface area contributed by atoms with Gasteiger partial charge in [0.1, 0.15) is 0 Å². The van der Waals surface area contributed by atoms with Crippen LogP contribution in [0.5, 0.6) is 0 Å². The van der Waals surface area contributed by atoms with Gasteiger partial charge in [-0.05, 0) is 39.0 Å². The number of hydrogen-bond acceptors (Lipinski definition) is 2. The maximum absolute atomic E-state index is 12.5. The van der Waals surface area contributed by atoms with Crippen LogP contribution in [0.3, 0.4) is 0 Å². The van der Waals surface area contributed by atoms with Gasteiger partial charge in [-0.1, -0.05) is 27.7 Å². The van der Waals surface area contributed by atoms with Gasteiger partial charge in [-0.15, -0.1) is 0 Å². The molecule has 0 aromatic rings. The number of carbonyl (C=O) groups is 1. The van der Waals surface area contributed by atoms with Gasteiger partial charge in [0.15, 0.2) is 0 Å². The summed E-state index contributed by atoms with van der Waals surface area (Å²) in [4.78, 5) is 14.6. The summed E-state index contributed by atoms with van der Waals surface area (Å²) >= 11 is 0. The molecule has 0 aromatic heterocycles. The molecule has 1 aliphatic heterocycles. The van der Waals surface area contributed by atoms with E-state index >= 15 is 0 Å². The van der Waals surface area contributed by atoms with E-state index in [0.717, 1.165) is 19.3 Å². The first-order valence-electron chi connectivity index (χ1n) is 6.96. The van der Waals surface area contributed by atoms with Crippen LogP contribution in [0.1, 0.15) is 60.8 Å². The zero-order chi connectivity index (χ0) is 13.2. The molecule has 0 aliphatic carbocycles. The van der Waals surface area contributed by atoms with Gasteiger partial charge >= 0.3 is 0 Å². The largest absolute Gasteiger partial charge is 0.323 e. The second-order valence-electron chi connectivity index (χ2n) is 5.95. The van der Waals surface area contributed by atoms with Crippen LogP contribution in [-0.2, 0) is 4.79 Å². The van der Waals surface area contributed by atoms with Crippen molar-refractivity contribution in [1.82, 2.24) is 10.2 Å². The van der Waals surface area contributed by atoms with Crippen molar-refractivity contribution >= 4 is 5.91 Å². The Balaban J connectivity index is 2.85. The summed E-state index contributed by atoms with van der Waals surface area (Å²) in [7, 11) is 0. The molecule has 3 unspecified atom stereocenters. The van der Waals surface area contributed by atoms with Gasteiger partial charge in [0.05, 0.1) is 11.7 Å². The fourth-order valence-electron chi connectivity index (χ4n) is 2.78. The zero-order valence-corrected chi connectivity index (χ0v) is 12.2. The third-order valence-corrected chi connectivity index (χ3v) is 3.91. The first-order valence-corrected chi connectivity index (χ1v) is 6.96. The molecule has 0 bridgehead atoms. The molecule has 1 saturated heterocycles. The average Bonchev–Trinajstić information content (AvgIpc) is 2.51. The lowest BCUT2D eigenvalue weighted by Gasteiger charge is -2.31. The lowest BCUT2D eigenvalue weighted by atomic mass is 9.98. The Bertz CT molecular complexity index is 277. The van der Waals surface area contributed by atoms with E-state index in [1.165, 1.54) is 0 Å². The summed E-state index contributed by atoms with van der Waals surface area (Å²) in [5.74, 6) is 0.906. The van der Waals surface area contributed by atoms with Gasteiger partial charge in [0.25, 0.3) is 0 Å². The maximum atomic E-state index is 12.5. The van der Waals surface area contributed by atoms with Gasteiger partial charge in [-0.3, -0.25) is 10.1 Å². The van der Waals surface area contributed by atoms with Crippen LogP contribution in [0.15, 0.2) is 0 Å². The van der Waals surface area contributed by atoms with Crippen LogP contribution < -0.4 is 5.32 Å². The Morgan fingerprint density at radius 2 is 1.94 bits per heavy atom. The highest BCUT2D eigenvalue weighted by Crippen LogP contribution is 2.28. The number of rotatable bonds is 5. The second-order valence-corrected chi connectivity index (χ2v) is 5.95. The molecule has 1 heterocycles. The van der Waals surface area contributed by atoms with Crippen molar-refractivity contribution in [2.24, 2.45) is 5.92 Å². The quantitative estimate of drug-likeness (QED) is 0.801. The van der Waals surface area contributed by atoms with Crippen LogP contribution >= 0.6 is 0 Å². The summed E-state index contributed by atoms with van der Waals surface area (Å²) in [6.45, 7) is 12.8. The van der Waals surface area contributed by atoms with Gasteiger partial charge in [-0.2, -0.15) is 0 Å². The van der Waals surface area contributed by atoms with Crippen molar-refractivity contribution in [3.8, 4) is 0 Å². The van der Waals surface area contributed by atoms with Gasteiger partial charge in [-0.25, -0.2) is 0 Å². The van der Waals surface area contributed by atoms with Gasteiger partial charge in [0, 0.05) is 6.04 Å². The van der Waals surface area contributed by atoms with Crippen LogP contribution in [-0.4, -0.2) is 28.6 Å². The summed E-state index contributed by atoms with van der Waals surface area (Å²) in [5.41, 5.74) is -0.355. The van der Waals surface area contributed by atoms with Crippen molar-refractivity contribution in [1.29, 1.82) is 0 Å². The van der Waals surface area contributed by atoms with E-state index < -0.39 is 0 Å². The minimum atomic E-state index is -0.355. The van der Waals surface area contributed by atoms with Crippen molar-refractivity contribution in [2.75, 3.05) is 0 Å². The molecule has 0 aromatic carbocycles. The summed E-state index contributed by atoms with van der Waals surface area (Å²) in [6.07, 6.45) is 3.11. The first kappa shape index (κ1) is 14.5. The average molecular weight is 240 g/mol. The first-order chi connectivity index (χ1) is 7.85. The molecule has 1 amide bonds. The van der Waals surface area contributed by atoms with Crippen LogP contribution in [0.2, 0.25) is 0 Å². The number of carbonyl (C=O) groups excluding carboxylic acids is 1. The topological polar surface area (TPSA) is 32.3 Å². The minimum Gasteiger partial charge on any atom is -0.323 e. The van der Waals surface area contributed by atoms with E-state index in [1.54, 1.807) is 0 Å². The van der Waals surface area contributed by atoms with Crippen molar-refractivity contribution in [2.45, 2.75) is 78.6 Å². The smallest absolute Gasteiger partial charge is 0.244 e. The van der Waals surface area contributed by atoms with E-state index in [1.807, 2.05) is 6.92 Å². The molecule has 0 saturated carbocycles. The van der Waals surface area contributed by atoms with Crippen molar-refractivity contribution in [3.05, 3.63) is 0 Å². The number of nitrogens with zero attached hydrogens (tertiary/aromatic N) is 1. The number of amides is 1. The summed E-state index contributed by atoms with van der Waals surface area (Å²) in [5, 5.41) is 3.50. The number of hydrogen-bond donors (Lipinski definition) is 1. The molecule has 0 spiro atoms. The Morgan fingerprint density at radius 3 is 2.35 bits per heavy atom. The van der Waals surface area contributed by atoms with E-state index in [-0.39, 0.29) is 17.6 Å². The number of nitrogens with one attached hydrogen (secondary N) is 1. The predicted molar refractivity (Wildman–Crippen MR) is 71.7 cm³/mol. The molecule has 1 N–H and O–H groups in total. The Hall–Kier alpha value is -0.570. The fourth-order valence-corrected chi connectivity index (χ4v) is 2.78. The second kappa shape index (κ2) is 5.38. The third kappa shape index (κ3) is 2.82. The Labute approximate surface area is 106 Å². The molecule has 3 heteroatoms. The molecule has 3 nitrogen and oxygen atoms in total. The fraction of sp³-hybridized carbons (Fsp3) is 0.929. The zero-order valence-electron chi connectivity index (χ0n) is 12.2. The highest BCUT2D eigenvalue weighted by molar-refractivity contribution is 5.88. The van der Waals surface area contributed by atoms with E-state index in [2.05, 4.69) is 44.8 Å². The lowest BCUT2D eigenvalue weighted by Crippen LogP contribution is -2.44. The van der Waals surface area contributed by atoms with E-state index in [0.29, 0.717) is 12.0 Å². The van der Waals surface area contributed by atoms with Crippen molar-refractivity contribution < 1.29 is 4.79 Å². The lowest BCUT2D eigenvalue weighted by molar-refractivity contribution is -0.135. The van der Waals surface area contributed by atoms with Gasteiger partial charge < -0.3 is 4.90 Å². The molecule has 1 aliphatic rings. The molecule has 0 radical (unpaired) electrons. The van der Waals surface area contributed by atoms with Crippen LogP contribution in [0.25, 0.3) is 0 Å². The summed E-state index contributed by atoms with van der Waals surface area (Å²) < 4.78 is 0. The molecular weight excluding hydrogens is 212 g/mol. The minimum absolute atomic E-state index is 0.209. The van der Waals surface area contributed by atoms with Crippen molar-refractivity contribution in [3.63, 3.8) is 0 Å². The summed E-state index contributed by atoms with van der Waals surface area (Å²) in [6, 6.07) is 0.327. The Morgan fingerprint density at radius 1 is 1.35 bits per heavy atom. The Kier molecular flexibility index (Phi) is 4.59. The van der Waals surface area contributed by atoms with E-state index in [4.69, 9.17) is 0 Å². The van der Waals surface area contributed by atoms with Gasteiger partial charge in [0.2, 0.25) is 5.91 Å². The highest BCUT2D eigenvalue weighted by atomic mass is 16.2. The monoisotopic (exact) mass is 240 g/mol. The molecule has 3 atom stereocenters. The SMILES string of the molecule is CCC1NC(C)(CC)C(=O)N1C(C)CC(C)C. The molecule has 100 valence electrons. The highest BCUT2D eigenvalue weighted by Gasteiger charge is 2.47. The van der Waals surface area contributed by atoms with E-state index in [9.17, 15) is 4.79 Å². The maximum Gasteiger partial charge on any atom is 0.244 e. The van der Waals surface area contributed by atoms with Crippen LogP contribution in [0, 0.1) is 5.92 Å².